The molecule has 1 saturated heterocycles. The molecule has 1 amide bonds. The molecule has 0 spiro atoms. The van der Waals surface area contributed by atoms with Crippen LogP contribution < -0.4 is 5.32 Å². The van der Waals surface area contributed by atoms with Crippen LogP contribution in [0.3, 0.4) is 0 Å². The number of aromatic nitrogens is 2. The largest absolute Gasteiger partial charge is 0.379 e. The summed E-state index contributed by atoms with van der Waals surface area (Å²) in [5.41, 5.74) is 4.71. The highest BCUT2D eigenvalue weighted by atomic mass is 16.5. The maximum atomic E-state index is 13.0. The first-order valence-corrected chi connectivity index (χ1v) is 9.25. The molecular weight excluding hydrogens is 338 g/mol. The Morgan fingerprint density at radius 2 is 1.96 bits per heavy atom. The fourth-order valence-electron chi connectivity index (χ4n) is 3.69. The number of carbonyl (C=O) groups is 1. The Kier molecular flexibility index (Phi) is 4.86. The third-order valence-electron chi connectivity index (χ3n) is 5.10. The van der Waals surface area contributed by atoms with Crippen LogP contribution in [0.2, 0.25) is 0 Å². The van der Waals surface area contributed by atoms with Crippen LogP contribution in [0, 0.1) is 19.8 Å². The SMILES string of the molecule is Cc1ccc2c(C(=O)N[C@H]3COC[C@H]3Cc3ccncc3)cc(C)nc2c1. The van der Waals surface area contributed by atoms with E-state index in [0.29, 0.717) is 18.8 Å². The number of nitrogens with zero attached hydrogens (tertiary/aromatic N) is 2. The zero-order valence-corrected chi connectivity index (χ0v) is 15.6. The van der Waals surface area contributed by atoms with Gasteiger partial charge in [0.05, 0.1) is 30.3 Å². The summed E-state index contributed by atoms with van der Waals surface area (Å²) in [5, 5.41) is 4.07. The molecule has 2 aromatic heterocycles. The lowest BCUT2D eigenvalue weighted by molar-refractivity contribution is 0.0926. The quantitative estimate of drug-likeness (QED) is 0.775. The molecule has 5 heteroatoms. The van der Waals surface area contributed by atoms with Gasteiger partial charge in [-0.2, -0.15) is 0 Å². The highest BCUT2D eigenvalue weighted by Crippen LogP contribution is 2.22. The maximum absolute atomic E-state index is 13.0. The van der Waals surface area contributed by atoms with Gasteiger partial charge < -0.3 is 10.1 Å². The molecule has 3 aromatic rings. The maximum Gasteiger partial charge on any atom is 0.252 e. The summed E-state index contributed by atoms with van der Waals surface area (Å²) in [7, 11) is 0. The van der Waals surface area contributed by atoms with Gasteiger partial charge in [0, 0.05) is 29.4 Å². The van der Waals surface area contributed by atoms with Crippen molar-refractivity contribution >= 4 is 16.8 Å². The fraction of sp³-hybridized carbons (Fsp3) is 0.318. The second-order valence-corrected chi connectivity index (χ2v) is 7.27. The van der Waals surface area contributed by atoms with Crippen LogP contribution in [-0.2, 0) is 11.2 Å². The van der Waals surface area contributed by atoms with Crippen molar-refractivity contribution in [2.45, 2.75) is 26.3 Å². The van der Waals surface area contributed by atoms with Crippen LogP contribution >= 0.6 is 0 Å². The third kappa shape index (κ3) is 3.83. The van der Waals surface area contributed by atoms with Gasteiger partial charge in [0.1, 0.15) is 0 Å². The standard InChI is InChI=1S/C22H23N3O2/c1-14-3-4-18-19(10-15(2)24-20(18)9-14)22(26)25-21-13-27-12-17(21)11-16-5-7-23-8-6-16/h3-10,17,21H,11-13H2,1-2H3,(H,25,26)/t17-,21+/m1/s1. The average Bonchev–Trinajstić information content (AvgIpc) is 3.08. The monoisotopic (exact) mass is 361 g/mol. The van der Waals surface area contributed by atoms with Gasteiger partial charge >= 0.3 is 0 Å². The molecule has 3 heterocycles. The number of carbonyl (C=O) groups excluding carboxylic acids is 1. The Balaban J connectivity index is 1.56. The Morgan fingerprint density at radius 3 is 2.78 bits per heavy atom. The van der Waals surface area contributed by atoms with Crippen molar-refractivity contribution in [2.24, 2.45) is 5.92 Å². The van der Waals surface area contributed by atoms with Crippen molar-refractivity contribution in [3.63, 3.8) is 0 Å². The predicted octanol–water partition coefficient (Wildman–Crippen LogP) is 3.23. The number of fused-ring (bicyclic) bond motifs is 1. The fourth-order valence-corrected chi connectivity index (χ4v) is 3.69. The van der Waals surface area contributed by atoms with Gasteiger partial charge in [-0.1, -0.05) is 12.1 Å². The number of rotatable bonds is 4. The molecule has 1 N–H and O–H groups in total. The number of amides is 1. The van der Waals surface area contributed by atoms with Gasteiger partial charge in [-0.05, 0) is 55.7 Å². The van der Waals surface area contributed by atoms with Gasteiger partial charge in [-0.15, -0.1) is 0 Å². The molecule has 1 fully saturated rings. The summed E-state index contributed by atoms with van der Waals surface area (Å²) in [5.74, 6) is 0.192. The van der Waals surface area contributed by atoms with Crippen LogP contribution in [0.1, 0.15) is 27.2 Å². The minimum atomic E-state index is -0.0652. The van der Waals surface area contributed by atoms with Gasteiger partial charge in [0.2, 0.25) is 0 Å². The first-order valence-electron chi connectivity index (χ1n) is 9.25. The van der Waals surface area contributed by atoms with Gasteiger partial charge in [-0.3, -0.25) is 14.8 Å². The number of benzene rings is 1. The minimum absolute atomic E-state index is 0.000338. The van der Waals surface area contributed by atoms with Crippen LogP contribution in [0.25, 0.3) is 10.9 Å². The summed E-state index contributed by atoms with van der Waals surface area (Å²) in [4.78, 5) is 21.7. The molecule has 0 radical (unpaired) electrons. The second-order valence-electron chi connectivity index (χ2n) is 7.27. The van der Waals surface area contributed by atoms with E-state index >= 15 is 0 Å². The third-order valence-corrected chi connectivity index (χ3v) is 5.10. The molecule has 0 saturated carbocycles. The van der Waals surface area contributed by atoms with Crippen molar-refractivity contribution in [1.29, 1.82) is 0 Å². The van der Waals surface area contributed by atoms with Gasteiger partial charge in [0.15, 0.2) is 0 Å². The zero-order chi connectivity index (χ0) is 18.8. The molecule has 1 aliphatic heterocycles. The van der Waals surface area contributed by atoms with Crippen molar-refractivity contribution < 1.29 is 9.53 Å². The van der Waals surface area contributed by atoms with Crippen molar-refractivity contribution in [3.8, 4) is 0 Å². The molecule has 0 unspecified atom stereocenters. The molecule has 1 aromatic carbocycles. The lowest BCUT2D eigenvalue weighted by Crippen LogP contribution is -2.40. The Morgan fingerprint density at radius 1 is 1.15 bits per heavy atom. The van der Waals surface area contributed by atoms with E-state index in [0.717, 1.165) is 28.6 Å². The van der Waals surface area contributed by atoms with Crippen LogP contribution in [-0.4, -0.2) is 35.1 Å². The molecular formula is C22H23N3O2. The van der Waals surface area contributed by atoms with E-state index in [9.17, 15) is 4.79 Å². The van der Waals surface area contributed by atoms with E-state index in [-0.39, 0.29) is 17.9 Å². The molecule has 2 atom stereocenters. The van der Waals surface area contributed by atoms with Crippen LogP contribution in [0.4, 0.5) is 0 Å². The van der Waals surface area contributed by atoms with Crippen LogP contribution in [0.15, 0.2) is 48.8 Å². The van der Waals surface area contributed by atoms with Crippen molar-refractivity contribution in [2.75, 3.05) is 13.2 Å². The lowest BCUT2D eigenvalue weighted by atomic mass is 9.95. The van der Waals surface area contributed by atoms with Crippen molar-refractivity contribution in [3.05, 3.63) is 71.2 Å². The summed E-state index contributed by atoms with van der Waals surface area (Å²) in [6.45, 7) is 5.15. The first kappa shape index (κ1) is 17.6. The smallest absolute Gasteiger partial charge is 0.252 e. The number of aryl methyl sites for hydroxylation is 2. The molecule has 0 aliphatic carbocycles. The summed E-state index contributed by atoms with van der Waals surface area (Å²) < 4.78 is 5.66. The average molecular weight is 361 g/mol. The molecule has 1 aliphatic rings. The number of hydrogen-bond acceptors (Lipinski definition) is 4. The predicted molar refractivity (Wildman–Crippen MR) is 105 cm³/mol. The lowest BCUT2D eigenvalue weighted by Gasteiger charge is -2.20. The highest BCUT2D eigenvalue weighted by molar-refractivity contribution is 6.06. The van der Waals surface area contributed by atoms with Gasteiger partial charge in [-0.25, -0.2) is 0 Å². The number of pyridine rings is 2. The summed E-state index contributed by atoms with van der Waals surface area (Å²) in [6.07, 6.45) is 4.46. The molecule has 27 heavy (non-hydrogen) atoms. The Bertz CT molecular complexity index is 967. The van der Waals surface area contributed by atoms with E-state index in [4.69, 9.17) is 4.74 Å². The van der Waals surface area contributed by atoms with E-state index in [1.165, 1.54) is 5.56 Å². The number of ether oxygens (including phenoxy) is 1. The topological polar surface area (TPSA) is 64.1 Å². The highest BCUT2D eigenvalue weighted by Gasteiger charge is 2.30. The minimum Gasteiger partial charge on any atom is -0.379 e. The van der Waals surface area contributed by atoms with E-state index in [2.05, 4.69) is 15.3 Å². The zero-order valence-electron chi connectivity index (χ0n) is 15.6. The number of nitrogens with one attached hydrogen (secondary N) is 1. The molecule has 0 bridgehead atoms. The second kappa shape index (κ2) is 7.45. The molecule has 5 nitrogen and oxygen atoms in total. The normalized spacial score (nSPS) is 19.3. The van der Waals surface area contributed by atoms with E-state index in [1.807, 2.05) is 50.2 Å². The van der Waals surface area contributed by atoms with E-state index < -0.39 is 0 Å². The van der Waals surface area contributed by atoms with Gasteiger partial charge in [0.25, 0.3) is 5.91 Å². The summed E-state index contributed by atoms with van der Waals surface area (Å²) >= 11 is 0. The molecule has 4 rings (SSSR count). The summed E-state index contributed by atoms with van der Waals surface area (Å²) in [6, 6.07) is 11.9. The van der Waals surface area contributed by atoms with E-state index in [1.54, 1.807) is 12.4 Å². The van der Waals surface area contributed by atoms with Crippen molar-refractivity contribution in [1.82, 2.24) is 15.3 Å². The first-order chi connectivity index (χ1) is 13.1. The Hall–Kier alpha value is -2.79. The molecule has 138 valence electrons. The number of hydrogen-bond donors (Lipinski definition) is 1. The Labute approximate surface area is 158 Å². The van der Waals surface area contributed by atoms with Crippen LogP contribution in [0.5, 0.6) is 0 Å².